The lowest BCUT2D eigenvalue weighted by atomic mass is 10.2. The number of nitrogens with zero attached hydrogens (tertiary/aromatic N) is 4. The average molecular weight is 343 g/mol. The molecule has 0 aliphatic carbocycles. The van der Waals surface area contributed by atoms with Gasteiger partial charge in [0, 0.05) is 7.05 Å². The molecule has 8 heteroatoms. The van der Waals surface area contributed by atoms with Crippen molar-refractivity contribution < 1.29 is 4.79 Å². The molecule has 0 saturated heterocycles. The number of carbonyl (C=O) groups excluding carboxylic acids is 1. The summed E-state index contributed by atoms with van der Waals surface area (Å²) in [6.45, 7) is 3.86. The Morgan fingerprint density at radius 2 is 1.83 bits per heavy atom. The molecule has 0 unspecified atom stereocenters. The summed E-state index contributed by atoms with van der Waals surface area (Å²) in [4.78, 5) is 21.5. The average Bonchev–Trinajstić information content (AvgIpc) is 3.14. The zero-order valence-corrected chi connectivity index (χ0v) is 14.4. The molecule has 0 spiro atoms. The van der Waals surface area contributed by atoms with Crippen LogP contribution in [0, 0.1) is 13.8 Å². The van der Waals surface area contributed by atoms with Crippen LogP contribution in [0.4, 0.5) is 5.13 Å². The van der Waals surface area contributed by atoms with Crippen molar-refractivity contribution in [3.8, 4) is 0 Å². The van der Waals surface area contributed by atoms with E-state index in [9.17, 15) is 4.79 Å². The van der Waals surface area contributed by atoms with Crippen molar-refractivity contribution in [1.29, 1.82) is 0 Å². The van der Waals surface area contributed by atoms with Gasteiger partial charge in [0.1, 0.15) is 5.69 Å². The predicted molar refractivity (Wildman–Crippen MR) is 93.4 cm³/mol. The lowest BCUT2D eigenvalue weighted by molar-refractivity contribution is 0.101. The van der Waals surface area contributed by atoms with E-state index >= 15 is 0 Å². The minimum Gasteiger partial charge on any atom is -0.296 e. The number of aryl methyl sites for hydroxylation is 3. The van der Waals surface area contributed by atoms with Crippen LogP contribution in [0.15, 0.2) is 18.3 Å². The first kappa shape index (κ1) is 14.3. The molecule has 23 heavy (non-hydrogen) atoms. The lowest BCUT2D eigenvalue weighted by Gasteiger charge is -2.02. The van der Waals surface area contributed by atoms with Crippen LogP contribution < -0.4 is 5.32 Å². The highest BCUT2D eigenvalue weighted by atomic mass is 32.1. The molecular formula is C15H13N5OS2. The van der Waals surface area contributed by atoms with Crippen molar-refractivity contribution in [3.63, 3.8) is 0 Å². The largest absolute Gasteiger partial charge is 0.296 e. The lowest BCUT2D eigenvalue weighted by Crippen LogP contribution is -2.17. The maximum Gasteiger partial charge on any atom is 0.275 e. The van der Waals surface area contributed by atoms with Gasteiger partial charge < -0.3 is 0 Å². The van der Waals surface area contributed by atoms with E-state index in [0.717, 1.165) is 31.0 Å². The number of hydrogen-bond acceptors (Lipinski definition) is 6. The maximum absolute atomic E-state index is 12.4. The normalized spacial score (nSPS) is 11.4. The number of benzene rings is 1. The van der Waals surface area contributed by atoms with Gasteiger partial charge >= 0.3 is 0 Å². The number of thiazole rings is 2. The fourth-order valence-corrected chi connectivity index (χ4v) is 4.57. The number of aromatic nitrogens is 4. The Labute approximate surface area is 139 Å². The third-order valence-corrected chi connectivity index (χ3v) is 5.71. The summed E-state index contributed by atoms with van der Waals surface area (Å²) in [5, 5.41) is 8.59. The van der Waals surface area contributed by atoms with E-state index < -0.39 is 0 Å². The molecule has 4 rings (SSSR count). The van der Waals surface area contributed by atoms with Crippen LogP contribution in [0.25, 0.3) is 20.4 Å². The third kappa shape index (κ3) is 2.30. The first-order chi connectivity index (χ1) is 11.0. The van der Waals surface area contributed by atoms with Gasteiger partial charge in [-0.1, -0.05) is 11.3 Å². The summed E-state index contributed by atoms with van der Waals surface area (Å²) in [5.74, 6) is -0.196. The Hall–Kier alpha value is -2.32. The molecule has 3 heterocycles. The van der Waals surface area contributed by atoms with Gasteiger partial charge in [-0.2, -0.15) is 5.10 Å². The number of anilines is 1. The first-order valence-electron chi connectivity index (χ1n) is 6.99. The zero-order chi connectivity index (χ0) is 16.1. The van der Waals surface area contributed by atoms with E-state index in [-0.39, 0.29) is 5.91 Å². The molecule has 0 saturated carbocycles. The van der Waals surface area contributed by atoms with Crippen LogP contribution in [0.3, 0.4) is 0 Å². The van der Waals surface area contributed by atoms with Crippen molar-refractivity contribution in [2.24, 2.45) is 7.05 Å². The van der Waals surface area contributed by atoms with Gasteiger partial charge in [-0.3, -0.25) is 14.8 Å². The van der Waals surface area contributed by atoms with Gasteiger partial charge in [0.25, 0.3) is 5.91 Å². The quantitative estimate of drug-likeness (QED) is 0.604. The maximum atomic E-state index is 12.4. The van der Waals surface area contributed by atoms with Crippen LogP contribution in [0.2, 0.25) is 0 Å². The summed E-state index contributed by atoms with van der Waals surface area (Å²) in [6, 6.07) is 3.91. The number of nitrogens with one attached hydrogen (secondary N) is 1. The number of carbonyl (C=O) groups is 1. The number of fused-ring (bicyclic) bond motifs is 3. The van der Waals surface area contributed by atoms with Gasteiger partial charge in [0.15, 0.2) is 5.13 Å². The second-order valence-corrected chi connectivity index (χ2v) is 7.47. The van der Waals surface area contributed by atoms with E-state index in [2.05, 4.69) is 20.4 Å². The fraction of sp³-hybridized carbons (Fsp3) is 0.200. The van der Waals surface area contributed by atoms with Gasteiger partial charge in [0.2, 0.25) is 0 Å². The van der Waals surface area contributed by atoms with Crippen molar-refractivity contribution in [2.45, 2.75) is 13.8 Å². The van der Waals surface area contributed by atoms with E-state index in [1.807, 2.05) is 26.0 Å². The van der Waals surface area contributed by atoms with Crippen molar-refractivity contribution >= 4 is 54.1 Å². The molecule has 116 valence electrons. The summed E-state index contributed by atoms with van der Waals surface area (Å²) < 4.78 is 3.75. The van der Waals surface area contributed by atoms with E-state index in [0.29, 0.717) is 10.8 Å². The molecule has 0 bridgehead atoms. The molecule has 1 aromatic carbocycles. The molecule has 0 aliphatic rings. The van der Waals surface area contributed by atoms with Gasteiger partial charge in [-0.05, 0) is 31.5 Å². The highest BCUT2D eigenvalue weighted by Crippen LogP contribution is 2.35. The van der Waals surface area contributed by atoms with Gasteiger partial charge in [-0.25, -0.2) is 9.97 Å². The Morgan fingerprint density at radius 3 is 2.52 bits per heavy atom. The number of rotatable bonds is 2. The van der Waals surface area contributed by atoms with Crippen molar-refractivity contribution in [2.75, 3.05) is 5.32 Å². The van der Waals surface area contributed by atoms with Crippen molar-refractivity contribution in [3.05, 3.63) is 34.6 Å². The first-order valence-corrected chi connectivity index (χ1v) is 8.63. The Bertz CT molecular complexity index is 1040. The van der Waals surface area contributed by atoms with Crippen molar-refractivity contribution in [1.82, 2.24) is 19.7 Å². The smallest absolute Gasteiger partial charge is 0.275 e. The van der Waals surface area contributed by atoms with Crippen LogP contribution >= 0.6 is 22.7 Å². The second kappa shape index (κ2) is 5.10. The Balaban J connectivity index is 1.75. The summed E-state index contributed by atoms with van der Waals surface area (Å²) in [6.07, 6.45) is 1.68. The summed E-state index contributed by atoms with van der Waals surface area (Å²) >= 11 is 3.12. The van der Waals surface area contributed by atoms with E-state index in [4.69, 9.17) is 0 Å². The second-order valence-electron chi connectivity index (χ2n) is 5.27. The van der Waals surface area contributed by atoms with Gasteiger partial charge in [-0.15, -0.1) is 11.3 Å². The molecule has 1 amide bonds. The van der Waals surface area contributed by atoms with Gasteiger partial charge in [0.05, 0.1) is 31.6 Å². The molecule has 6 nitrogen and oxygen atoms in total. The molecule has 4 aromatic rings. The molecule has 1 N–H and O–H groups in total. The topological polar surface area (TPSA) is 72.7 Å². The minimum atomic E-state index is -0.196. The summed E-state index contributed by atoms with van der Waals surface area (Å²) in [5.41, 5.74) is 3.24. The standard InChI is InChI=1S/C15H13N5OS2/c1-7-6-16-20(3)11(7)14(21)19-15-18-10-5-4-9-12(13(10)23-15)22-8(2)17-9/h4-6H,1-3H3,(H,18,19,21). The predicted octanol–water partition coefficient (Wildman–Crippen LogP) is 3.51. The fourth-order valence-electron chi connectivity index (χ4n) is 2.57. The zero-order valence-electron chi connectivity index (χ0n) is 12.7. The monoisotopic (exact) mass is 343 g/mol. The summed E-state index contributed by atoms with van der Waals surface area (Å²) in [7, 11) is 1.75. The molecule has 3 aromatic heterocycles. The molecule has 0 fully saturated rings. The van der Waals surface area contributed by atoms with E-state index in [1.165, 1.54) is 11.3 Å². The molecule has 0 atom stereocenters. The Kier molecular flexibility index (Phi) is 3.17. The third-order valence-electron chi connectivity index (χ3n) is 3.58. The van der Waals surface area contributed by atoms with Crippen LogP contribution in [0.5, 0.6) is 0 Å². The van der Waals surface area contributed by atoms with Crippen LogP contribution in [-0.2, 0) is 7.05 Å². The molecule has 0 radical (unpaired) electrons. The van der Waals surface area contributed by atoms with E-state index in [1.54, 1.807) is 29.3 Å². The van der Waals surface area contributed by atoms with Crippen LogP contribution in [-0.4, -0.2) is 25.7 Å². The number of hydrogen-bond donors (Lipinski definition) is 1. The highest BCUT2D eigenvalue weighted by molar-refractivity contribution is 7.28. The molecular weight excluding hydrogens is 330 g/mol. The number of amides is 1. The minimum absolute atomic E-state index is 0.196. The Morgan fingerprint density at radius 1 is 1.13 bits per heavy atom. The SMILES string of the molecule is Cc1nc2ccc3nc(NC(=O)c4c(C)cnn4C)sc3c2s1. The van der Waals surface area contributed by atoms with Crippen LogP contribution in [0.1, 0.15) is 21.1 Å². The molecule has 0 aliphatic heterocycles. The highest BCUT2D eigenvalue weighted by Gasteiger charge is 2.17.